The van der Waals surface area contributed by atoms with E-state index >= 15 is 0 Å². The smallest absolute Gasteiger partial charge is 0.0351 e. The van der Waals surface area contributed by atoms with Gasteiger partial charge in [-0.15, -0.1) is 0 Å². The molecule has 1 aromatic rings. The van der Waals surface area contributed by atoms with E-state index in [1.54, 1.807) is 0 Å². The molecule has 2 fully saturated rings. The highest BCUT2D eigenvalue weighted by Gasteiger charge is 2.30. The minimum absolute atomic E-state index is 0.652. The molecule has 1 saturated carbocycles. The van der Waals surface area contributed by atoms with E-state index in [4.69, 9.17) is 0 Å². The van der Waals surface area contributed by atoms with Crippen molar-refractivity contribution < 1.29 is 0 Å². The standard InChI is InChI=1S/C16H24N2/c1-13-3-2-4-15(11-13)16(12-14-5-6-14)18-9-7-17-8-10-18/h2-4,11,14,16-17H,5-10,12H2,1H3/t16-/m1/s1. The van der Waals surface area contributed by atoms with Gasteiger partial charge in [0.1, 0.15) is 0 Å². The second-order valence-electron chi connectivity index (χ2n) is 5.89. The van der Waals surface area contributed by atoms with Crippen molar-refractivity contribution in [3.8, 4) is 0 Å². The predicted molar refractivity (Wildman–Crippen MR) is 75.7 cm³/mol. The van der Waals surface area contributed by atoms with Crippen LogP contribution in [0, 0.1) is 12.8 Å². The normalized spacial score (nSPS) is 22.9. The average molecular weight is 244 g/mol. The number of hydrogen-bond donors (Lipinski definition) is 1. The number of piperazine rings is 1. The molecule has 1 heterocycles. The fourth-order valence-corrected chi connectivity index (χ4v) is 3.04. The zero-order valence-electron chi connectivity index (χ0n) is 11.4. The summed E-state index contributed by atoms with van der Waals surface area (Å²) in [7, 11) is 0. The van der Waals surface area contributed by atoms with Crippen molar-refractivity contribution in [3.05, 3.63) is 35.4 Å². The van der Waals surface area contributed by atoms with E-state index in [0.717, 1.165) is 19.0 Å². The molecule has 98 valence electrons. The van der Waals surface area contributed by atoms with E-state index in [-0.39, 0.29) is 0 Å². The van der Waals surface area contributed by atoms with Gasteiger partial charge in [0.05, 0.1) is 0 Å². The quantitative estimate of drug-likeness (QED) is 0.876. The summed E-state index contributed by atoms with van der Waals surface area (Å²) < 4.78 is 0. The largest absolute Gasteiger partial charge is 0.314 e. The molecular weight excluding hydrogens is 220 g/mol. The van der Waals surface area contributed by atoms with Crippen LogP contribution in [0.2, 0.25) is 0 Å². The molecule has 0 aromatic heterocycles. The third-order valence-electron chi connectivity index (χ3n) is 4.27. The Bertz CT molecular complexity index is 392. The Balaban J connectivity index is 1.78. The lowest BCUT2D eigenvalue weighted by Crippen LogP contribution is -2.45. The maximum absolute atomic E-state index is 3.46. The molecule has 0 amide bonds. The Morgan fingerprint density at radius 3 is 2.72 bits per heavy atom. The van der Waals surface area contributed by atoms with Crippen molar-refractivity contribution in [2.75, 3.05) is 26.2 Å². The Morgan fingerprint density at radius 1 is 1.28 bits per heavy atom. The number of aryl methyl sites for hydroxylation is 1. The number of hydrogen-bond acceptors (Lipinski definition) is 2. The van der Waals surface area contributed by atoms with E-state index in [9.17, 15) is 0 Å². The summed E-state index contributed by atoms with van der Waals surface area (Å²) in [5.74, 6) is 0.991. The third kappa shape index (κ3) is 2.93. The Labute approximate surface area is 110 Å². The molecule has 0 spiro atoms. The monoisotopic (exact) mass is 244 g/mol. The minimum Gasteiger partial charge on any atom is -0.314 e. The third-order valence-corrected chi connectivity index (χ3v) is 4.27. The maximum atomic E-state index is 3.46. The number of nitrogens with zero attached hydrogens (tertiary/aromatic N) is 1. The van der Waals surface area contributed by atoms with E-state index in [2.05, 4.69) is 41.4 Å². The van der Waals surface area contributed by atoms with Gasteiger partial charge in [0.15, 0.2) is 0 Å². The van der Waals surface area contributed by atoms with Crippen LogP contribution in [0.25, 0.3) is 0 Å². The summed E-state index contributed by atoms with van der Waals surface area (Å²) in [6.07, 6.45) is 4.27. The van der Waals surface area contributed by atoms with Crippen LogP contribution in [0.15, 0.2) is 24.3 Å². The van der Waals surface area contributed by atoms with Crippen LogP contribution in [-0.4, -0.2) is 31.1 Å². The first kappa shape index (κ1) is 12.2. The van der Waals surface area contributed by atoms with Crippen molar-refractivity contribution in [2.24, 2.45) is 5.92 Å². The predicted octanol–water partition coefficient (Wildman–Crippen LogP) is 2.74. The van der Waals surface area contributed by atoms with Gasteiger partial charge in [-0.2, -0.15) is 0 Å². The molecule has 0 bridgehead atoms. The minimum atomic E-state index is 0.652. The van der Waals surface area contributed by atoms with Crippen LogP contribution in [0.4, 0.5) is 0 Å². The lowest BCUT2D eigenvalue weighted by Gasteiger charge is -2.35. The van der Waals surface area contributed by atoms with Crippen LogP contribution < -0.4 is 5.32 Å². The SMILES string of the molecule is Cc1cccc([C@@H](CC2CC2)N2CCNCC2)c1. The first-order valence-corrected chi connectivity index (χ1v) is 7.34. The zero-order chi connectivity index (χ0) is 12.4. The molecular formula is C16H24N2. The molecule has 0 unspecified atom stereocenters. The second-order valence-corrected chi connectivity index (χ2v) is 5.89. The van der Waals surface area contributed by atoms with Gasteiger partial charge in [-0.1, -0.05) is 42.7 Å². The lowest BCUT2D eigenvalue weighted by atomic mass is 9.97. The van der Waals surface area contributed by atoms with Crippen LogP contribution >= 0.6 is 0 Å². The molecule has 1 N–H and O–H groups in total. The summed E-state index contributed by atoms with van der Waals surface area (Å²) >= 11 is 0. The van der Waals surface area contributed by atoms with Gasteiger partial charge in [-0.05, 0) is 24.8 Å². The van der Waals surface area contributed by atoms with Gasteiger partial charge in [-0.3, -0.25) is 4.90 Å². The highest BCUT2D eigenvalue weighted by Crippen LogP contribution is 2.40. The molecule has 1 saturated heterocycles. The fraction of sp³-hybridized carbons (Fsp3) is 0.625. The highest BCUT2D eigenvalue weighted by atomic mass is 15.2. The topological polar surface area (TPSA) is 15.3 Å². The van der Waals surface area contributed by atoms with Gasteiger partial charge in [0.2, 0.25) is 0 Å². The number of rotatable bonds is 4. The molecule has 3 rings (SSSR count). The molecule has 1 atom stereocenters. The highest BCUT2D eigenvalue weighted by molar-refractivity contribution is 5.25. The molecule has 2 aliphatic rings. The maximum Gasteiger partial charge on any atom is 0.0351 e. The molecule has 2 heteroatoms. The summed E-state index contributed by atoms with van der Waals surface area (Å²) in [5.41, 5.74) is 2.92. The number of nitrogens with one attached hydrogen (secondary N) is 1. The summed E-state index contributed by atoms with van der Waals surface area (Å²) in [4.78, 5) is 2.68. The van der Waals surface area contributed by atoms with Gasteiger partial charge >= 0.3 is 0 Å². The number of benzene rings is 1. The van der Waals surface area contributed by atoms with Crippen molar-refractivity contribution in [1.29, 1.82) is 0 Å². The molecule has 1 aliphatic heterocycles. The van der Waals surface area contributed by atoms with Crippen molar-refractivity contribution in [3.63, 3.8) is 0 Å². The molecule has 2 nitrogen and oxygen atoms in total. The van der Waals surface area contributed by atoms with Gasteiger partial charge < -0.3 is 5.32 Å². The van der Waals surface area contributed by atoms with Crippen molar-refractivity contribution in [2.45, 2.75) is 32.2 Å². The Morgan fingerprint density at radius 2 is 2.06 bits per heavy atom. The van der Waals surface area contributed by atoms with Crippen LogP contribution in [0.1, 0.15) is 36.4 Å². The van der Waals surface area contributed by atoms with E-state index in [1.165, 1.54) is 43.5 Å². The van der Waals surface area contributed by atoms with E-state index in [1.807, 2.05) is 0 Å². The van der Waals surface area contributed by atoms with Gasteiger partial charge in [0.25, 0.3) is 0 Å². The fourth-order valence-electron chi connectivity index (χ4n) is 3.04. The van der Waals surface area contributed by atoms with Crippen LogP contribution in [-0.2, 0) is 0 Å². The Hall–Kier alpha value is -0.860. The molecule has 1 aromatic carbocycles. The van der Waals surface area contributed by atoms with Crippen molar-refractivity contribution in [1.82, 2.24) is 10.2 Å². The Kier molecular flexibility index (Phi) is 3.67. The second kappa shape index (κ2) is 5.41. The first-order chi connectivity index (χ1) is 8.83. The van der Waals surface area contributed by atoms with Gasteiger partial charge in [0, 0.05) is 32.2 Å². The average Bonchev–Trinajstić information content (AvgIpc) is 3.21. The lowest BCUT2D eigenvalue weighted by molar-refractivity contribution is 0.160. The van der Waals surface area contributed by atoms with Gasteiger partial charge in [-0.25, -0.2) is 0 Å². The zero-order valence-corrected chi connectivity index (χ0v) is 11.4. The summed E-state index contributed by atoms with van der Waals surface area (Å²) in [6.45, 7) is 6.89. The molecule has 0 radical (unpaired) electrons. The van der Waals surface area contributed by atoms with E-state index < -0.39 is 0 Å². The van der Waals surface area contributed by atoms with E-state index in [0.29, 0.717) is 6.04 Å². The van der Waals surface area contributed by atoms with Crippen LogP contribution in [0.3, 0.4) is 0 Å². The molecule has 18 heavy (non-hydrogen) atoms. The van der Waals surface area contributed by atoms with Crippen LogP contribution in [0.5, 0.6) is 0 Å². The van der Waals surface area contributed by atoms with Crippen molar-refractivity contribution >= 4 is 0 Å². The molecule has 1 aliphatic carbocycles. The first-order valence-electron chi connectivity index (χ1n) is 7.34. The summed E-state index contributed by atoms with van der Waals surface area (Å²) in [5, 5.41) is 3.46. The summed E-state index contributed by atoms with van der Waals surface area (Å²) in [6, 6.07) is 9.78.